The van der Waals surface area contributed by atoms with Crippen molar-refractivity contribution in [2.45, 2.75) is 39.5 Å². The Morgan fingerprint density at radius 1 is 1.37 bits per heavy atom. The van der Waals surface area contributed by atoms with E-state index in [1.54, 1.807) is 13.0 Å². The van der Waals surface area contributed by atoms with E-state index in [-0.39, 0.29) is 12.2 Å². The van der Waals surface area contributed by atoms with Gasteiger partial charge in [-0.2, -0.15) is 5.26 Å². The first-order chi connectivity index (χ1) is 13.0. The number of aryl methyl sites for hydroxylation is 2. The zero-order chi connectivity index (χ0) is 19.4. The van der Waals surface area contributed by atoms with Gasteiger partial charge in [0.05, 0.1) is 12.2 Å². The molecule has 0 aromatic carbocycles. The summed E-state index contributed by atoms with van der Waals surface area (Å²) in [6.07, 6.45) is 5.39. The summed E-state index contributed by atoms with van der Waals surface area (Å²) in [6.45, 7) is 3.97. The van der Waals surface area contributed by atoms with Crippen molar-refractivity contribution in [1.29, 1.82) is 5.26 Å². The van der Waals surface area contributed by atoms with Gasteiger partial charge < -0.3 is 10.1 Å². The standard InChI is InChI=1S/C20H20N2O3S2/c1-3-25-20(24)17-14-6-4-5-7-15(14)27-19(17)22-18(23)13(11-21)10-16-12(2)8-9-26-16/h8-10H,3-7H2,1-2H3,(H,22,23)/b13-10+. The van der Waals surface area contributed by atoms with E-state index in [1.165, 1.54) is 22.7 Å². The van der Waals surface area contributed by atoms with Crippen molar-refractivity contribution in [2.24, 2.45) is 0 Å². The van der Waals surface area contributed by atoms with E-state index in [1.807, 2.05) is 24.4 Å². The van der Waals surface area contributed by atoms with Gasteiger partial charge in [-0.05, 0) is 68.2 Å². The highest BCUT2D eigenvalue weighted by Crippen LogP contribution is 2.38. The third-order valence-electron chi connectivity index (χ3n) is 4.42. The number of carbonyl (C=O) groups is 2. The van der Waals surface area contributed by atoms with Gasteiger partial charge in [0.2, 0.25) is 0 Å². The van der Waals surface area contributed by atoms with Gasteiger partial charge in [-0.15, -0.1) is 22.7 Å². The number of nitrogens with zero attached hydrogens (tertiary/aromatic N) is 1. The Bertz CT molecular complexity index is 947. The molecule has 2 aromatic heterocycles. The second kappa shape index (κ2) is 8.51. The monoisotopic (exact) mass is 400 g/mol. The second-order valence-electron chi connectivity index (χ2n) is 6.23. The number of anilines is 1. The molecular formula is C20H20N2O3S2. The number of thiophene rings is 2. The third-order valence-corrected chi connectivity index (χ3v) is 6.59. The summed E-state index contributed by atoms with van der Waals surface area (Å²) in [7, 11) is 0. The SMILES string of the molecule is CCOC(=O)c1c(NC(=O)/C(C#N)=C/c2sccc2C)sc2c1CCCC2. The molecule has 2 heterocycles. The largest absolute Gasteiger partial charge is 0.462 e. The van der Waals surface area contributed by atoms with E-state index < -0.39 is 11.9 Å². The Morgan fingerprint density at radius 3 is 2.81 bits per heavy atom. The van der Waals surface area contributed by atoms with E-state index in [4.69, 9.17) is 4.74 Å². The first kappa shape index (κ1) is 19.3. The highest BCUT2D eigenvalue weighted by molar-refractivity contribution is 7.17. The van der Waals surface area contributed by atoms with Crippen LogP contribution >= 0.6 is 22.7 Å². The molecule has 5 nitrogen and oxygen atoms in total. The zero-order valence-electron chi connectivity index (χ0n) is 15.3. The molecule has 1 amide bonds. The number of esters is 1. The number of nitrogens with one attached hydrogen (secondary N) is 1. The maximum Gasteiger partial charge on any atom is 0.341 e. The van der Waals surface area contributed by atoms with Crippen LogP contribution < -0.4 is 5.32 Å². The summed E-state index contributed by atoms with van der Waals surface area (Å²) < 4.78 is 5.20. The number of amides is 1. The molecule has 0 spiro atoms. The van der Waals surface area contributed by atoms with Crippen LogP contribution in [0.2, 0.25) is 0 Å². The van der Waals surface area contributed by atoms with Gasteiger partial charge in [0.15, 0.2) is 0 Å². The maximum absolute atomic E-state index is 12.7. The molecule has 3 rings (SSSR count). The average Bonchev–Trinajstić information content (AvgIpc) is 3.22. The lowest BCUT2D eigenvalue weighted by molar-refractivity contribution is -0.112. The van der Waals surface area contributed by atoms with Crippen LogP contribution in [0.25, 0.3) is 6.08 Å². The quantitative estimate of drug-likeness (QED) is 0.447. The Morgan fingerprint density at radius 2 is 2.15 bits per heavy atom. The minimum absolute atomic E-state index is 0.0155. The number of hydrogen-bond acceptors (Lipinski definition) is 6. The van der Waals surface area contributed by atoms with Crippen LogP contribution in [0, 0.1) is 18.3 Å². The average molecular weight is 401 g/mol. The molecule has 0 radical (unpaired) electrons. The van der Waals surface area contributed by atoms with Crippen LogP contribution in [-0.2, 0) is 22.4 Å². The molecular weight excluding hydrogens is 380 g/mol. The van der Waals surface area contributed by atoms with Gasteiger partial charge >= 0.3 is 5.97 Å². The summed E-state index contributed by atoms with van der Waals surface area (Å²) >= 11 is 2.89. The van der Waals surface area contributed by atoms with Crippen LogP contribution in [0.15, 0.2) is 17.0 Å². The molecule has 0 saturated heterocycles. The number of fused-ring (bicyclic) bond motifs is 1. The molecule has 0 unspecified atom stereocenters. The van der Waals surface area contributed by atoms with Crippen molar-refractivity contribution in [2.75, 3.05) is 11.9 Å². The molecule has 0 saturated carbocycles. The Balaban J connectivity index is 1.92. The van der Waals surface area contributed by atoms with Gasteiger partial charge in [0, 0.05) is 9.75 Å². The maximum atomic E-state index is 12.7. The summed E-state index contributed by atoms with van der Waals surface area (Å²) in [5.41, 5.74) is 2.46. The number of nitriles is 1. The molecule has 0 aliphatic heterocycles. The summed E-state index contributed by atoms with van der Waals surface area (Å²) in [5.74, 6) is -0.918. The predicted octanol–water partition coefficient (Wildman–Crippen LogP) is 4.72. The van der Waals surface area contributed by atoms with Gasteiger partial charge in [-0.3, -0.25) is 4.79 Å². The van der Waals surface area contributed by atoms with Gasteiger partial charge in [0.1, 0.15) is 16.6 Å². The van der Waals surface area contributed by atoms with Gasteiger partial charge in [-0.25, -0.2) is 4.79 Å². The number of rotatable bonds is 5. The predicted molar refractivity (Wildman–Crippen MR) is 108 cm³/mol. The molecule has 1 aliphatic carbocycles. The molecule has 0 bridgehead atoms. The minimum Gasteiger partial charge on any atom is -0.462 e. The van der Waals surface area contributed by atoms with Crippen LogP contribution in [0.5, 0.6) is 0 Å². The highest BCUT2D eigenvalue weighted by atomic mass is 32.1. The van der Waals surface area contributed by atoms with Crippen LogP contribution in [-0.4, -0.2) is 18.5 Å². The van der Waals surface area contributed by atoms with Crippen molar-refractivity contribution in [3.63, 3.8) is 0 Å². The van der Waals surface area contributed by atoms with Crippen LogP contribution in [0.4, 0.5) is 5.00 Å². The van der Waals surface area contributed by atoms with Gasteiger partial charge in [-0.1, -0.05) is 0 Å². The van der Waals surface area contributed by atoms with Crippen LogP contribution in [0.1, 0.15) is 51.0 Å². The first-order valence-electron chi connectivity index (χ1n) is 8.84. The smallest absolute Gasteiger partial charge is 0.341 e. The Kier molecular flexibility index (Phi) is 6.09. The first-order valence-corrected chi connectivity index (χ1v) is 10.5. The summed E-state index contributed by atoms with van der Waals surface area (Å²) in [6, 6.07) is 3.91. The normalized spacial score (nSPS) is 13.6. The van der Waals surface area contributed by atoms with Crippen LogP contribution in [0.3, 0.4) is 0 Å². The Hall–Kier alpha value is -2.43. The lowest BCUT2D eigenvalue weighted by Gasteiger charge is -2.12. The summed E-state index contributed by atoms with van der Waals surface area (Å²) in [5, 5.41) is 14.6. The van der Waals surface area contributed by atoms with Crippen molar-refractivity contribution in [3.8, 4) is 6.07 Å². The topological polar surface area (TPSA) is 79.2 Å². The third kappa shape index (κ3) is 4.12. The van der Waals surface area contributed by atoms with E-state index in [2.05, 4.69) is 5.32 Å². The molecule has 7 heteroatoms. The van der Waals surface area contributed by atoms with E-state index in [0.717, 1.165) is 46.6 Å². The molecule has 1 N–H and O–H groups in total. The lowest BCUT2D eigenvalue weighted by atomic mass is 9.95. The number of ether oxygens (including phenoxy) is 1. The van der Waals surface area contributed by atoms with E-state index in [0.29, 0.717) is 10.6 Å². The number of carbonyl (C=O) groups excluding carboxylic acids is 2. The van der Waals surface area contributed by atoms with E-state index in [9.17, 15) is 14.9 Å². The highest BCUT2D eigenvalue weighted by Gasteiger charge is 2.27. The lowest BCUT2D eigenvalue weighted by Crippen LogP contribution is -2.16. The fourth-order valence-corrected chi connectivity index (χ4v) is 5.19. The minimum atomic E-state index is -0.505. The molecule has 2 aromatic rings. The Labute approximate surface area is 166 Å². The molecule has 0 fully saturated rings. The fraction of sp³-hybridized carbons (Fsp3) is 0.350. The van der Waals surface area contributed by atoms with Crippen molar-refractivity contribution < 1.29 is 14.3 Å². The zero-order valence-corrected chi connectivity index (χ0v) is 16.9. The van der Waals surface area contributed by atoms with Crippen molar-refractivity contribution in [1.82, 2.24) is 0 Å². The number of hydrogen-bond donors (Lipinski definition) is 1. The molecule has 1 aliphatic rings. The summed E-state index contributed by atoms with van der Waals surface area (Å²) in [4.78, 5) is 27.2. The van der Waals surface area contributed by atoms with E-state index >= 15 is 0 Å². The van der Waals surface area contributed by atoms with Gasteiger partial charge in [0.25, 0.3) is 5.91 Å². The molecule has 140 valence electrons. The molecule has 27 heavy (non-hydrogen) atoms. The van der Waals surface area contributed by atoms with Crippen molar-refractivity contribution in [3.05, 3.63) is 43.5 Å². The van der Waals surface area contributed by atoms with Crippen molar-refractivity contribution >= 4 is 45.6 Å². The second-order valence-corrected chi connectivity index (χ2v) is 8.28. The fourth-order valence-electron chi connectivity index (χ4n) is 3.06. The molecule has 0 atom stereocenters.